The van der Waals surface area contributed by atoms with Crippen LogP contribution in [0.1, 0.15) is 0 Å². The minimum absolute atomic E-state index is 0.418. The topological polar surface area (TPSA) is 50.9 Å². The second kappa shape index (κ2) is 5.00. The highest BCUT2D eigenvalue weighted by Gasteiger charge is 2.07. The molecule has 3 nitrogen and oxygen atoms in total. The van der Waals surface area contributed by atoms with Gasteiger partial charge in [0, 0.05) is 0 Å². The van der Waals surface area contributed by atoms with E-state index < -0.39 is 0 Å². The number of hydrogen-bond donors (Lipinski definition) is 2. The predicted octanol–water partition coefficient (Wildman–Crippen LogP) is 4.37. The number of aromatic nitrogens is 1. The standard InChI is InChI=1S/C11H8Cl3N3/c12-7-2-1-3-9(10(7)14)17-11-8(13)4-6(15)5-16-11/h1-5H,15H2,(H,16,17). The van der Waals surface area contributed by atoms with Crippen LogP contribution in [0, 0.1) is 0 Å². The second-order valence-electron chi connectivity index (χ2n) is 3.33. The van der Waals surface area contributed by atoms with Gasteiger partial charge in [-0.2, -0.15) is 0 Å². The number of nitrogens with zero attached hydrogens (tertiary/aromatic N) is 1. The number of nitrogen functional groups attached to an aromatic ring is 1. The Bertz CT molecular complexity index is 558. The molecule has 2 aromatic rings. The number of nitrogens with one attached hydrogen (secondary N) is 1. The Morgan fingerprint density at radius 3 is 2.59 bits per heavy atom. The van der Waals surface area contributed by atoms with Crippen LogP contribution in [0.5, 0.6) is 0 Å². The molecule has 1 aromatic carbocycles. The summed E-state index contributed by atoms with van der Waals surface area (Å²) in [6.45, 7) is 0. The van der Waals surface area contributed by atoms with Crippen molar-refractivity contribution in [3.8, 4) is 0 Å². The summed E-state index contributed by atoms with van der Waals surface area (Å²) in [5.74, 6) is 0.477. The molecule has 0 aliphatic carbocycles. The lowest BCUT2D eigenvalue weighted by Gasteiger charge is -2.10. The van der Waals surface area contributed by atoms with Gasteiger partial charge in [0.05, 0.1) is 32.6 Å². The number of halogens is 3. The summed E-state index contributed by atoms with van der Waals surface area (Å²) < 4.78 is 0. The van der Waals surface area contributed by atoms with E-state index in [2.05, 4.69) is 10.3 Å². The molecule has 0 aliphatic heterocycles. The van der Waals surface area contributed by atoms with E-state index in [0.717, 1.165) is 0 Å². The Labute approximate surface area is 114 Å². The molecule has 0 saturated carbocycles. The zero-order valence-electron chi connectivity index (χ0n) is 8.55. The van der Waals surface area contributed by atoms with Gasteiger partial charge in [-0.3, -0.25) is 0 Å². The van der Waals surface area contributed by atoms with Crippen molar-refractivity contribution in [3.63, 3.8) is 0 Å². The lowest BCUT2D eigenvalue weighted by molar-refractivity contribution is 1.31. The van der Waals surface area contributed by atoms with Crippen molar-refractivity contribution in [2.75, 3.05) is 11.1 Å². The van der Waals surface area contributed by atoms with Crippen LogP contribution in [0.2, 0.25) is 15.1 Å². The Morgan fingerprint density at radius 2 is 1.88 bits per heavy atom. The van der Waals surface area contributed by atoms with Crippen molar-refractivity contribution in [1.82, 2.24) is 4.98 Å². The number of nitrogens with two attached hydrogens (primary N) is 1. The molecule has 0 unspecified atom stereocenters. The van der Waals surface area contributed by atoms with Gasteiger partial charge in [-0.1, -0.05) is 40.9 Å². The van der Waals surface area contributed by atoms with E-state index in [1.54, 1.807) is 24.3 Å². The normalized spacial score (nSPS) is 10.3. The molecule has 0 atom stereocenters. The van der Waals surface area contributed by atoms with Gasteiger partial charge in [0.15, 0.2) is 0 Å². The molecule has 0 fully saturated rings. The van der Waals surface area contributed by atoms with E-state index in [4.69, 9.17) is 40.5 Å². The molecule has 1 heterocycles. The molecule has 0 spiro atoms. The van der Waals surface area contributed by atoms with Crippen molar-refractivity contribution >= 4 is 52.0 Å². The molecule has 0 bridgehead atoms. The third kappa shape index (κ3) is 2.75. The molecule has 3 N–H and O–H groups in total. The van der Waals surface area contributed by atoms with Gasteiger partial charge >= 0.3 is 0 Å². The van der Waals surface area contributed by atoms with Gasteiger partial charge in [0.2, 0.25) is 0 Å². The Hall–Kier alpha value is -1.16. The SMILES string of the molecule is Nc1cnc(Nc2cccc(Cl)c2Cl)c(Cl)c1. The summed E-state index contributed by atoms with van der Waals surface area (Å²) in [7, 11) is 0. The molecule has 88 valence electrons. The first kappa shape index (κ1) is 12.3. The van der Waals surface area contributed by atoms with Crippen LogP contribution in [0.4, 0.5) is 17.2 Å². The monoisotopic (exact) mass is 287 g/mol. The van der Waals surface area contributed by atoms with Crippen LogP contribution in [0.15, 0.2) is 30.5 Å². The zero-order chi connectivity index (χ0) is 12.4. The number of rotatable bonds is 2. The first-order valence-electron chi connectivity index (χ1n) is 4.70. The third-order valence-electron chi connectivity index (χ3n) is 2.07. The molecule has 0 saturated heterocycles. The van der Waals surface area contributed by atoms with E-state index >= 15 is 0 Å². The highest BCUT2D eigenvalue weighted by atomic mass is 35.5. The van der Waals surface area contributed by atoms with Crippen LogP contribution in [-0.4, -0.2) is 4.98 Å². The predicted molar refractivity (Wildman–Crippen MR) is 73.4 cm³/mol. The smallest absolute Gasteiger partial charge is 0.149 e. The largest absolute Gasteiger partial charge is 0.397 e. The maximum absolute atomic E-state index is 6.04. The van der Waals surface area contributed by atoms with Crippen LogP contribution in [0.25, 0.3) is 0 Å². The second-order valence-corrected chi connectivity index (χ2v) is 4.52. The fraction of sp³-hybridized carbons (Fsp3) is 0. The highest BCUT2D eigenvalue weighted by molar-refractivity contribution is 6.43. The fourth-order valence-electron chi connectivity index (χ4n) is 1.27. The minimum Gasteiger partial charge on any atom is -0.397 e. The van der Waals surface area contributed by atoms with Crippen molar-refractivity contribution in [2.24, 2.45) is 0 Å². The van der Waals surface area contributed by atoms with Crippen molar-refractivity contribution < 1.29 is 0 Å². The molecule has 0 aliphatic rings. The van der Waals surface area contributed by atoms with E-state index in [1.165, 1.54) is 6.20 Å². The van der Waals surface area contributed by atoms with E-state index in [-0.39, 0.29) is 0 Å². The highest BCUT2D eigenvalue weighted by Crippen LogP contribution is 2.33. The first-order chi connectivity index (χ1) is 8.08. The van der Waals surface area contributed by atoms with E-state index in [9.17, 15) is 0 Å². The molecule has 0 radical (unpaired) electrons. The summed E-state index contributed by atoms with van der Waals surface area (Å²) in [4.78, 5) is 4.07. The van der Waals surface area contributed by atoms with Gasteiger partial charge < -0.3 is 11.1 Å². The lowest BCUT2D eigenvalue weighted by Crippen LogP contribution is -1.97. The van der Waals surface area contributed by atoms with Crippen molar-refractivity contribution in [3.05, 3.63) is 45.5 Å². The van der Waals surface area contributed by atoms with Crippen molar-refractivity contribution in [2.45, 2.75) is 0 Å². The Morgan fingerprint density at radius 1 is 1.12 bits per heavy atom. The maximum Gasteiger partial charge on any atom is 0.149 e. The minimum atomic E-state index is 0.418. The van der Waals surface area contributed by atoms with Gasteiger partial charge in [-0.25, -0.2) is 4.98 Å². The summed E-state index contributed by atoms with van der Waals surface area (Å²) in [6, 6.07) is 6.87. The number of benzene rings is 1. The quantitative estimate of drug-likeness (QED) is 0.863. The summed E-state index contributed by atoms with van der Waals surface area (Å²) in [5, 5.41) is 4.29. The molecule has 6 heteroatoms. The first-order valence-corrected chi connectivity index (χ1v) is 5.83. The molecular weight excluding hydrogens is 281 g/mol. The van der Waals surface area contributed by atoms with Crippen LogP contribution in [-0.2, 0) is 0 Å². The lowest BCUT2D eigenvalue weighted by atomic mass is 10.3. The van der Waals surface area contributed by atoms with Gasteiger partial charge in [-0.05, 0) is 18.2 Å². The van der Waals surface area contributed by atoms with Gasteiger partial charge in [0.1, 0.15) is 5.82 Å². The van der Waals surface area contributed by atoms with Crippen molar-refractivity contribution in [1.29, 1.82) is 0 Å². The Balaban J connectivity index is 2.35. The van der Waals surface area contributed by atoms with E-state index in [0.29, 0.717) is 32.3 Å². The fourth-order valence-corrected chi connectivity index (χ4v) is 1.84. The average Bonchev–Trinajstić information content (AvgIpc) is 2.28. The van der Waals surface area contributed by atoms with Crippen LogP contribution < -0.4 is 11.1 Å². The summed E-state index contributed by atoms with van der Waals surface area (Å²) >= 11 is 17.9. The maximum atomic E-state index is 6.04. The molecule has 17 heavy (non-hydrogen) atoms. The summed E-state index contributed by atoms with van der Waals surface area (Å²) in [6.07, 6.45) is 1.51. The third-order valence-corrected chi connectivity index (χ3v) is 3.17. The number of anilines is 3. The number of pyridine rings is 1. The molecule has 2 rings (SSSR count). The summed E-state index contributed by atoms with van der Waals surface area (Å²) in [5.41, 5.74) is 6.69. The van der Waals surface area contributed by atoms with Gasteiger partial charge in [0.25, 0.3) is 0 Å². The average molecular weight is 289 g/mol. The Kier molecular flexibility index (Phi) is 3.62. The van der Waals surface area contributed by atoms with Gasteiger partial charge in [-0.15, -0.1) is 0 Å². The molecular formula is C11H8Cl3N3. The zero-order valence-corrected chi connectivity index (χ0v) is 10.8. The van der Waals surface area contributed by atoms with Crippen LogP contribution in [0.3, 0.4) is 0 Å². The van der Waals surface area contributed by atoms with E-state index in [1.807, 2.05) is 0 Å². The molecule has 0 amide bonds. The molecule has 1 aromatic heterocycles. The number of hydrogen-bond acceptors (Lipinski definition) is 3. The van der Waals surface area contributed by atoms with Crippen LogP contribution >= 0.6 is 34.8 Å².